The zero-order valence-corrected chi connectivity index (χ0v) is 29.8. The number of rotatable bonds is 16. The van der Waals surface area contributed by atoms with Crippen LogP contribution >= 0.6 is 0 Å². The number of carbonyl (C=O) groups is 7. The summed E-state index contributed by atoms with van der Waals surface area (Å²) in [6, 6.07) is 28.3. The number of hydrogen-bond donors (Lipinski definition) is 6. The average molecular weight is 749 g/mol. The van der Waals surface area contributed by atoms with Crippen LogP contribution in [0.1, 0.15) is 47.2 Å². The van der Waals surface area contributed by atoms with Crippen LogP contribution in [0.2, 0.25) is 0 Å². The van der Waals surface area contributed by atoms with Gasteiger partial charge in [0, 0.05) is 19.6 Å². The highest BCUT2D eigenvalue weighted by Gasteiger charge is 2.55. The van der Waals surface area contributed by atoms with Gasteiger partial charge in [-0.15, -0.1) is 0 Å². The van der Waals surface area contributed by atoms with Crippen molar-refractivity contribution in [3.63, 3.8) is 0 Å². The minimum atomic E-state index is -1.74. The maximum atomic E-state index is 14.2. The fraction of sp³-hybridized carbons (Fsp3) is 0.225. The molecule has 0 radical (unpaired) electrons. The molecule has 1 fully saturated rings. The topological polar surface area (TPSA) is 215 Å². The number of carboxylic acid groups (broad SMARTS) is 2. The van der Waals surface area contributed by atoms with E-state index in [9.17, 15) is 43.8 Å². The van der Waals surface area contributed by atoms with E-state index in [0.717, 1.165) is 10.5 Å². The van der Waals surface area contributed by atoms with Crippen molar-refractivity contribution in [3.05, 3.63) is 143 Å². The maximum absolute atomic E-state index is 14.2. The second-order valence-corrected chi connectivity index (χ2v) is 12.9. The van der Waals surface area contributed by atoms with Gasteiger partial charge in [-0.25, -0.2) is 14.4 Å². The van der Waals surface area contributed by atoms with Gasteiger partial charge in [-0.3, -0.25) is 24.1 Å². The molecule has 1 saturated heterocycles. The molecule has 0 aromatic heterocycles. The number of benzene rings is 4. The summed E-state index contributed by atoms with van der Waals surface area (Å²) >= 11 is 0. The van der Waals surface area contributed by atoms with E-state index < -0.39 is 66.3 Å². The average Bonchev–Trinajstić information content (AvgIpc) is 3.36. The molecule has 4 aromatic carbocycles. The summed E-state index contributed by atoms with van der Waals surface area (Å²) in [6.07, 6.45) is -0.908. The predicted octanol–water partition coefficient (Wildman–Crippen LogP) is 3.27. The van der Waals surface area contributed by atoms with Crippen molar-refractivity contribution in [2.45, 2.75) is 50.6 Å². The van der Waals surface area contributed by atoms with E-state index in [0.29, 0.717) is 23.2 Å². The smallest absolute Gasteiger partial charge is 0.330 e. The van der Waals surface area contributed by atoms with Gasteiger partial charge in [0.05, 0.1) is 6.42 Å². The summed E-state index contributed by atoms with van der Waals surface area (Å²) in [5, 5.41) is 29.3. The van der Waals surface area contributed by atoms with Crippen LogP contribution in [0.15, 0.2) is 115 Å². The number of aliphatic carboxylic acids is 2. The zero-order valence-electron chi connectivity index (χ0n) is 29.8. The van der Waals surface area contributed by atoms with E-state index in [1.54, 1.807) is 79.7 Å². The molecule has 7 amide bonds. The standard InChI is InChI=1S/C40H40N6O9/c1-40(30-19-17-27(18-20-30)23-42-38(54)41-22-26-11-5-2-6-12-26)37(53)45(39(55)46(40)24-28-13-7-3-8-14-28)25-32(47)43-31(21-33(48)49)35(50)44-34(36(51)52)29-15-9-4-10-16-29/h2-20,31,34H,21-25H2,1H3,(H,43,47)(H,44,50)(H,48,49)(H,51,52)(H2,41,42,54)/t31-,34-,40?/m0/s1. The number of hydrogen-bond acceptors (Lipinski definition) is 7. The number of nitrogens with zero attached hydrogens (tertiary/aromatic N) is 2. The van der Waals surface area contributed by atoms with Gasteiger partial charge in [0.25, 0.3) is 5.91 Å². The molecule has 5 rings (SSSR count). The third-order valence-electron chi connectivity index (χ3n) is 9.11. The van der Waals surface area contributed by atoms with Crippen molar-refractivity contribution < 1.29 is 43.8 Å². The number of amides is 7. The lowest BCUT2D eigenvalue weighted by molar-refractivity contribution is -0.144. The van der Waals surface area contributed by atoms with Crippen LogP contribution in [-0.2, 0) is 49.1 Å². The second kappa shape index (κ2) is 17.7. The van der Waals surface area contributed by atoms with E-state index >= 15 is 0 Å². The Morgan fingerprint density at radius 2 is 1.22 bits per heavy atom. The Morgan fingerprint density at radius 1 is 0.691 bits per heavy atom. The van der Waals surface area contributed by atoms with Crippen molar-refractivity contribution in [3.8, 4) is 0 Å². The Hall–Kier alpha value is -7.03. The summed E-state index contributed by atoms with van der Waals surface area (Å²) in [5.74, 6) is -5.74. The van der Waals surface area contributed by atoms with E-state index in [1.165, 1.54) is 17.0 Å². The minimum absolute atomic E-state index is 0.00890. The molecule has 15 nitrogen and oxygen atoms in total. The lowest BCUT2D eigenvalue weighted by atomic mass is 9.89. The first-order valence-electron chi connectivity index (χ1n) is 17.3. The lowest BCUT2D eigenvalue weighted by Crippen LogP contribution is -2.52. The largest absolute Gasteiger partial charge is 0.481 e. The molecule has 0 saturated carbocycles. The highest BCUT2D eigenvalue weighted by molar-refractivity contribution is 6.09. The fourth-order valence-electron chi connectivity index (χ4n) is 6.13. The minimum Gasteiger partial charge on any atom is -0.481 e. The Labute approximate surface area is 316 Å². The lowest BCUT2D eigenvalue weighted by Gasteiger charge is -2.32. The summed E-state index contributed by atoms with van der Waals surface area (Å²) in [7, 11) is 0. The van der Waals surface area contributed by atoms with Crippen molar-refractivity contribution >= 4 is 41.7 Å². The zero-order chi connectivity index (χ0) is 39.5. The molecule has 1 unspecified atom stereocenters. The third-order valence-corrected chi connectivity index (χ3v) is 9.11. The van der Waals surface area contributed by atoms with Gasteiger partial charge < -0.3 is 36.4 Å². The maximum Gasteiger partial charge on any atom is 0.330 e. The molecular formula is C40H40N6O9. The van der Waals surface area contributed by atoms with Crippen molar-refractivity contribution in [2.24, 2.45) is 0 Å². The first-order chi connectivity index (χ1) is 26.4. The van der Waals surface area contributed by atoms with Gasteiger partial charge in [0.2, 0.25) is 11.8 Å². The van der Waals surface area contributed by atoms with Crippen molar-refractivity contribution in [1.29, 1.82) is 0 Å². The second-order valence-electron chi connectivity index (χ2n) is 12.9. The molecule has 0 spiro atoms. The normalized spacial score (nSPS) is 16.2. The monoisotopic (exact) mass is 748 g/mol. The number of nitrogens with one attached hydrogen (secondary N) is 4. The molecule has 3 atom stereocenters. The molecule has 1 aliphatic heterocycles. The van der Waals surface area contributed by atoms with Gasteiger partial charge in [-0.05, 0) is 34.7 Å². The van der Waals surface area contributed by atoms with Crippen LogP contribution < -0.4 is 21.3 Å². The van der Waals surface area contributed by atoms with Crippen LogP contribution in [0.4, 0.5) is 9.59 Å². The molecule has 6 N–H and O–H groups in total. The van der Waals surface area contributed by atoms with E-state index in [-0.39, 0.29) is 24.7 Å². The highest BCUT2D eigenvalue weighted by atomic mass is 16.4. The molecule has 1 heterocycles. The van der Waals surface area contributed by atoms with Crippen LogP contribution in [0.25, 0.3) is 0 Å². The molecule has 0 aliphatic carbocycles. The van der Waals surface area contributed by atoms with Crippen LogP contribution in [0.3, 0.4) is 0 Å². The van der Waals surface area contributed by atoms with Gasteiger partial charge in [-0.2, -0.15) is 0 Å². The molecule has 1 aliphatic rings. The first kappa shape index (κ1) is 39.2. The van der Waals surface area contributed by atoms with Crippen molar-refractivity contribution in [1.82, 2.24) is 31.1 Å². The van der Waals surface area contributed by atoms with Gasteiger partial charge >= 0.3 is 24.0 Å². The summed E-state index contributed by atoms with van der Waals surface area (Å²) in [4.78, 5) is 92.9. The number of carboxylic acids is 2. The van der Waals surface area contributed by atoms with Gasteiger partial charge in [-0.1, -0.05) is 115 Å². The van der Waals surface area contributed by atoms with E-state index in [1.807, 2.05) is 30.3 Å². The van der Waals surface area contributed by atoms with Crippen LogP contribution in [0.5, 0.6) is 0 Å². The van der Waals surface area contributed by atoms with Crippen LogP contribution in [-0.4, -0.2) is 74.3 Å². The number of urea groups is 2. The summed E-state index contributed by atoms with van der Waals surface area (Å²) < 4.78 is 0. The molecule has 4 aromatic rings. The van der Waals surface area contributed by atoms with Gasteiger partial charge in [0.15, 0.2) is 6.04 Å². The molecule has 15 heteroatoms. The predicted molar refractivity (Wildman–Crippen MR) is 198 cm³/mol. The molecule has 55 heavy (non-hydrogen) atoms. The van der Waals surface area contributed by atoms with Crippen molar-refractivity contribution in [2.75, 3.05) is 6.54 Å². The van der Waals surface area contributed by atoms with Crippen LogP contribution in [0, 0.1) is 0 Å². The SMILES string of the molecule is CC1(c2ccc(CNC(=O)NCc3ccccc3)cc2)C(=O)N(CC(=O)N[C@@H](CC(=O)O)C(=O)N[C@H](C(=O)O)c2ccccc2)C(=O)N1Cc1ccccc1. The molecule has 0 bridgehead atoms. The first-order valence-corrected chi connectivity index (χ1v) is 17.3. The number of carbonyl (C=O) groups excluding carboxylic acids is 5. The Morgan fingerprint density at radius 3 is 1.76 bits per heavy atom. The number of imide groups is 1. The van der Waals surface area contributed by atoms with E-state index in [4.69, 9.17) is 0 Å². The third kappa shape index (κ3) is 9.70. The summed E-state index contributed by atoms with van der Waals surface area (Å²) in [6.45, 7) is 1.20. The fourth-order valence-corrected chi connectivity index (χ4v) is 6.13. The Balaban J connectivity index is 1.31. The Bertz CT molecular complexity index is 2030. The molecular weight excluding hydrogens is 708 g/mol. The quantitative estimate of drug-likeness (QED) is 0.0927. The highest BCUT2D eigenvalue weighted by Crippen LogP contribution is 2.38. The van der Waals surface area contributed by atoms with Gasteiger partial charge in [0.1, 0.15) is 18.1 Å². The van der Waals surface area contributed by atoms with E-state index in [2.05, 4.69) is 21.3 Å². The molecule has 284 valence electrons. The summed E-state index contributed by atoms with van der Waals surface area (Å²) in [5.41, 5.74) is 1.39. The Kier molecular flexibility index (Phi) is 12.6.